The van der Waals surface area contributed by atoms with E-state index in [2.05, 4.69) is 31.1 Å². The second-order valence-electron chi connectivity index (χ2n) is 6.93. The molecule has 1 amide bonds. The second-order valence-corrected chi connectivity index (χ2v) is 6.93. The van der Waals surface area contributed by atoms with E-state index in [-0.39, 0.29) is 11.9 Å². The van der Waals surface area contributed by atoms with Gasteiger partial charge in [-0.15, -0.1) is 0 Å². The molecule has 0 spiro atoms. The van der Waals surface area contributed by atoms with E-state index in [1.165, 1.54) is 12.8 Å². The van der Waals surface area contributed by atoms with Gasteiger partial charge in [0.05, 0.1) is 0 Å². The van der Waals surface area contributed by atoms with Gasteiger partial charge in [0.15, 0.2) is 5.96 Å². The number of likely N-dealkylation sites (tertiary alicyclic amines) is 1. The van der Waals surface area contributed by atoms with Crippen molar-refractivity contribution in [3.8, 4) is 0 Å². The van der Waals surface area contributed by atoms with Gasteiger partial charge in [-0.2, -0.15) is 0 Å². The molecule has 5 heteroatoms. The molecule has 2 aliphatic heterocycles. The fourth-order valence-electron chi connectivity index (χ4n) is 3.57. The van der Waals surface area contributed by atoms with Crippen LogP contribution < -0.4 is 5.32 Å². The van der Waals surface area contributed by atoms with Crippen LogP contribution in [0.15, 0.2) is 0 Å². The highest BCUT2D eigenvalue weighted by molar-refractivity contribution is 6.07. The smallest absolute Gasteiger partial charge is 0.254 e. The first-order valence-corrected chi connectivity index (χ1v) is 7.72. The average molecular weight is 280 g/mol. The van der Waals surface area contributed by atoms with Crippen LogP contribution in [0.2, 0.25) is 0 Å². The van der Waals surface area contributed by atoms with Gasteiger partial charge >= 0.3 is 0 Å². The van der Waals surface area contributed by atoms with E-state index >= 15 is 0 Å². The summed E-state index contributed by atoms with van der Waals surface area (Å²) in [5.41, 5.74) is -0.590. The predicted octanol–water partition coefficient (Wildman–Crippen LogP) is 1.64. The zero-order valence-electron chi connectivity index (χ0n) is 13.2. The fourth-order valence-corrected chi connectivity index (χ4v) is 3.57. The molecule has 0 bridgehead atoms. The molecule has 2 rings (SSSR count). The van der Waals surface area contributed by atoms with Gasteiger partial charge in [0, 0.05) is 12.6 Å². The minimum absolute atomic E-state index is 0.0665. The molecule has 2 fully saturated rings. The lowest BCUT2D eigenvalue weighted by Gasteiger charge is -2.25. The number of carbonyl (C=O) groups is 1. The Kier molecular flexibility index (Phi) is 4.37. The number of hydrogen-bond donors (Lipinski definition) is 2. The molecule has 0 aromatic heterocycles. The first kappa shape index (κ1) is 15.3. The molecular formula is C15H28N4O. The summed E-state index contributed by atoms with van der Waals surface area (Å²) in [6, 6.07) is 0.563. The van der Waals surface area contributed by atoms with Crippen molar-refractivity contribution in [3.05, 3.63) is 0 Å². The minimum Gasteiger partial charge on any atom is -0.342 e. The molecule has 0 aliphatic carbocycles. The third-order valence-corrected chi connectivity index (χ3v) is 4.56. The van der Waals surface area contributed by atoms with Gasteiger partial charge in [0.1, 0.15) is 5.54 Å². The van der Waals surface area contributed by atoms with E-state index < -0.39 is 5.54 Å². The third-order valence-electron chi connectivity index (χ3n) is 4.56. The number of guanidine groups is 1. The second kappa shape index (κ2) is 5.72. The normalized spacial score (nSPS) is 31.4. The number of rotatable bonds is 5. The molecule has 0 aromatic carbocycles. The summed E-state index contributed by atoms with van der Waals surface area (Å²) in [5, 5.41) is 11.1. The highest BCUT2D eigenvalue weighted by Gasteiger charge is 2.45. The number of nitrogens with zero attached hydrogens (tertiary/aromatic N) is 2. The fraction of sp³-hybridized carbons (Fsp3) is 0.867. The Morgan fingerprint density at radius 3 is 2.75 bits per heavy atom. The van der Waals surface area contributed by atoms with Crippen molar-refractivity contribution in [2.24, 2.45) is 5.92 Å². The van der Waals surface area contributed by atoms with Gasteiger partial charge in [-0.05, 0) is 52.1 Å². The first-order chi connectivity index (χ1) is 9.33. The van der Waals surface area contributed by atoms with Crippen molar-refractivity contribution in [1.82, 2.24) is 15.1 Å². The average Bonchev–Trinajstić information content (AvgIpc) is 2.81. The highest BCUT2D eigenvalue weighted by Crippen LogP contribution is 2.26. The maximum atomic E-state index is 12.6. The van der Waals surface area contributed by atoms with Crippen LogP contribution in [-0.4, -0.2) is 53.4 Å². The van der Waals surface area contributed by atoms with Crippen LogP contribution in [0, 0.1) is 11.3 Å². The Morgan fingerprint density at radius 2 is 2.20 bits per heavy atom. The van der Waals surface area contributed by atoms with E-state index in [1.54, 1.807) is 4.90 Å². The van der Waals surface area contributed by atoms with E-state index in [0.29, 0.717) is 18.5 Å². The summed E-state index contributed by atoms with van der Waals surface area (Å²) < 4.78 is 0. The van der Waals surface area contributed by atoms with Gasteiger partial charge < -0.3 is 10.2 Å². The van der Waals surface area contributed by atoms with E-state index in [4.69, 9.17) is 5.41 Å². The summed E-state index contributed by atoms with van der Waals surface area (Å²) in [4.78, 5) is 16.6. The minimum atomic E-state index is -0.590. The summed E-state index contributed by atoms with van der Waals surface area (Å²) in [7, 11) is 2.15. The maximum absolute atomic E-state index is 12.6. The molecule has 0 radical (unpaired) electrons. The van der Waals surface area contributed by atoms with Gasteiger partial charge in [-0.1, -0.05) is 13.8 Å². The van der Waals surface area contributed by atoms with Crippen molar-refractivity contribution in [2.75, 3.05) is 20.1 Å². The summed E-state index contributed by atoms with van der Waals surface area (Å²) in [6.07, 6.45) is 4.19. The number of amides is 1. The van der Waals surface area contributed by atoms with E-state index in [1.807, 2.05) is 6.92 Å². The Labute approximate surface area is 122 Å². The summed E-state index contributed by atoms with van der Waals surface area (Å²) in [5.74, 6) is 0.779. The summed E-state index contributed by atoms with van der Waals surface area (Å²) >= 11 is 0. The Morgan fingerprint density at radius 1 is 1.50 bits per heavy atom. The van der Waals surface area contributed by atoms with Crippen LogP contribution in [0.5, 0.6) is 0 Å². The van der Waals surface area contributed by atoms with Crippen molar-refractivity contribution < 1.29 is 4.79 Å². The van der Waals surface area contributed by atoms with Gasteiger partial charge in [-0.3, -0.25) is 15.1 Å². The van der Waals surface area contributed by atoms with Crippen molar-refractivity contribution in [3.63, 3.8) is 0 Å². The lowest BCUT2D eigenvalue weighted by atomic mass is 9.91. The quantitative estimate of drug-likeness (QED) is 0.805. The number of carbonyl (C=O) groups excluding carboxylic acids is 1. The zero-order valence-corrected chi connectivity index (χ0v) is 13.2. The lowest BCUT2D eigenvalue weighted by Crippen LogP contribution is -2.45. The van der Waals surface area contributed by atoms with Gasteiger partial charge in [0.25, 0.3) is 5.91 Å². The summed E-state index contributed by atoms with van der Waals surface area (Å²) in [6.45, 7) is 7.96. The maximum Gasteiger partial charge on any atom is 0.254 e. The van der Waals surface area contributed by atoms with E-state index in [0.717, 1.165) is 19.4 Å². The topological polar surface area (TPSA) is 59.4 Å². The molecule has 0 aromatic rings. The van der Waals surface area contributed by atoms with Crippen molar-refractivity contribution in [1.29, 1.82) is 5.41 Å². The monoisotopic (exact) mass is 280 g/mol. The molecule has 2 N–H and O–H groups in total. The molecule has 0 saturated carbocycles. The largest absolute Gasteiger partial charge is 0.342 e. The first-order valence-electron chi connectivity index (χ1n) is 7.72. The SMILES string of the molecule is CC(C)CC1(C)NC(=N)N(CCC2CCCN2C)C1=O. The van der Waals surface area contributed by atoms with Crippen LogP contribution in [-0.2, 0) is 4.79 Å². The molecule has 114 valence electrons. The zero-order chi connectivity index (χ0) is 14.9. The standard InChI is InChI=1S/C15H28N4O/c1-11(2)10-15(3)13(20)19(14(16)17-15)9-7-12-6-5-8-18(12)4/h11-12H,5-10H2,1-4H3,(H2,16,17). The number of nitrogens with one attached hydrogen (secondary N) is 2. The Bertz CT molecular complexity index is 395. The Balaban J connectivity index is 1.95. The molecular weight excluding hydrogens is 252 g/mol. The highest BCUT2D eigenvalue weighted by atomic mass is 16.2. The molecule has 5 nitrogen and oxygen atoms in total. The molecule has 2 aliphatic rings. The van der Waals surface area contributed by atoms with Crippen LogP contribution in [0.4, 0.5) is 0 Å². The van der Waals surface area contributed by atoms with Crippen LogP contribution >= 0.6 is 0 Å². The molecule has 20 heavy (non-hydrogen) atoms. The van der Waals surface area contributed by atoms with Gasteiger partial charge in [0.2, 0.25) is 0 Å². The van der Waals surface area contributed by atoms with Crippen molar-refractivity contribution in [2.45, 2.75) is 58.0 Å². The van der Waals surface area contributed by atoms with Crippen LogP contribution in [0.1, 0.15) is 46.5 Å². The number of hydrogen-bond acceptors (Lipinski definition) is 3. The van der Waals surface area contributed by atoms with Gasteiger partial charge in [-0.25, -0.2) is 0 Å². The molecule has 2 heterocycles. The van der Waals surface area contributed by atoms with Crippen LogP contribution in [0.3, 0.4) is 0 Å². The molecule has 2 atom stereocenters. The third kappa shape index (κ3) is 2.97. The van der Waals surface area contributed by atoms with E-state index in [9.17, 15) is 4.79 Å². The molecule has 2 unspecified atom stereocenters. The predicted molar refractivity (Wildman–Crippen MR) is 80.7 cm³/mol. The Hall–Kier alpha value is -1.10. The molecule has 2 saturated heterocycles. The lowest BCUT2D eigenvalue weighted by molar-refractivity contribution is -0.131. The van der Waals surface area contributed by atoms with Crippen molar-refractivity contribution >= 4 is 11.9 Å². The van der Waals surface area contributed by atoms with Crippen LogP contribution in [0.25, 0.3) is 0 Å².